The number of aliphatic hydroxyl groups is 1. The third kappa shape index (κ3) is 1.80. The first kappa shape index (κ1) is 8.52. The molecular weight excluding hydrogens is 152 g/mol. The third-order valence-electron chi connectivity index (χ3n) is 3.27. The van der Waals surface area contributed by atoms with E-state index in [1.807, 2.05) is 0 Å². The first-order valence-corrected chi connectivity index (χ1v) is 5.03. The highest BCUT2D eigenvalue weighted by molar-refractivity contribution is 4.94. The molecule has 2 rings (SSSR count). The lowest BCUT2D eigenvalue weighted by Gasteiger charge is -2.25. The highest BCUT2D eigenvalue weighted by Crippen LogP contribution is 2.50. The summed E-state index contributed by atoms with van der Waals surface area (Å²) in [6.45, 7) is 2.27. The Hall–Kier alpha value is -0.0800. The summed E-state index contributed by atoms with van der Waals surface area (Å²) in [6.07, 6.45) is 6.19. The second-order valence-electron chi connectivity index (χ2n) is 4.45. The highest BCUT2D eigenvalue weighted by Gasteiger charge is 2.43. The molecule has 0 bridgehead atoms. The van der Waals surface area contributed by atoms with Gasteiger partial charge >= 0.3 is 0 Å². The standard InChI is InChI=1S/C10H18O2/c11-8-10(3-4-10)6-9-2-1-5-12-7-9/h9,11H,1-8H2. The topological polar surface area (TPSA) is 29.5 Å². The third-order valence-corrected chi connectivity index (χ3v) is 3.27. The Balaban J connectivity index is 1.77. The summed E-state index contributed by atoms with van der Waals surface area (Å²) >= 11 is 0. The Morgan fingerprint density at radius 2 is 2.25 bits per heavy atom. The van der Waals surface area contributed by atoms with Crippen molar-refractivity contribution in [1.82, 2.24) is 0 Å². The normalized spacial score (nSPS) is 33.2. The maximum atomic E-state index is 9.15. The number of hydrogen-bond acceptors (Lipinski definition) is 2. The number of hydrogen-bond donors (Lipinski definition) is 1. The average Bonchev–Trinajstić information content (AvgIpc) is 2.88. The van der Waals surface area contributed by atoms with Gasteiger partial charge in [-0.2, -0.15) is 0 Å². The SMILES string of the molecule is OCC1(CC2CCCOC2)CC1. The summed E-state index contributed by atoms with van der Waals surface area (Å²) in [5.41, 5.74) is 0.325. The Morgan fingerprint density at radius 3 is 2.75 bits per heavy atom. The molecule has 2 heteroatoms. The van der Waals surface area contributed by atoms with E-state index in [0.717, 1.165) is 19.1 Å². The van der Waals surface area contributed by atoms with Gasteiger partial charge in [0.2, 0.25) is 0 Å². The molecule has 2 fully saturated rings. The van der Waals surface area contributed by atoms with E-state index in [1.54, 1.807) is 0 Å². The van der Waals surface area contributed by atoms with E-state index in [1.165, 1.54) is 32.1 Å². The Kier molecular flexibility index (Phi) is 2.37. The zero-order valence-electron chi connectivity index (χ0n) is 7.59. The molecule has 0 aromatic rings. The van der Waals surface area contributed by atoms with Crippen LogP contribution in [0.5, 0.6) is 0 Å². The van der Waals surface area contributed by atoms with Gasteiger partial charge < -0.3 is 9.84 Å². The molecule has 0 aromatic carbocycles. The summed E-state index contributed by atoms with van der Waals surface area (Å²) in [5, 5.41) is 9.15. The molecule has 1 aliphatic heterocycles. The first-order chi connectivity index (χ1) is 5.85. The van der Waals surface area contributed by atoms with Crippen LogP contribution in [0, 0.1) is 11.3 Å². The first-order valence-electron chi connectivity index (χ1n) is 5.03. The second kappa shape index (κ2) is 3.35. The summed E-state index contributed by atoms with van der Waals surface area (Å²) in [5.74, 6) is 0.730. The fraction of sp³-hybridized carbons (Fsp3) is 1.00. The van der Waals surface area contributed by atoms with Crippen molar-refractivity contribution in [1.29, 1.82) is 0 Å². The molecule has 0 amide bonds. The van der Waals surface area contributed by atoms with Crippen molar-refractivity contribution in [3.63, 3.8) is 0 Å². The predicted molar refractivity (Wildman–Crippen MR) is 46.9 cm³/mol. The van der Waals surface area contributed by atoms with Crippen LogP contribution in [-0.2, 0) is 4.74 Å². The van der Waals surface area contributed by atoms with Crippen molar-refractivity contribution in [2.24, 2.45) is 11.3 Å². The smallest absolute Gasteiger partial charge is 0.0494 e. The van der Waals surface area contributed by atoms with Crippen LogP contribution in [0.4, 0.5) is 0 Å². The van der Waals surface area contributed by atoms with Crippen LogP contribution in [0.25, 0.3) is 0 Å². The van der Waals surface area contributed by atoms with Gasteiger partial charge in [-0.25, -0.2) is 0 Å². The van der Waals surface area contributed by atoms with Crippen molar-refractivity contribution < 1.29 is 9.84 Å². The van der Waals surface area contributed by atoms with Crippen LogP contribution >= 0.6 is 0 Å². The van der Waals surface area contributed by atoms with Crippen LogP contribution in [0.15, 0.2) is 0 Å². The fourth-order valence-electron chi connectivity index (χ4n) is 2.18. The number of rotatable bonds is 3. The molecule has 0 aromatic heterocycles. The van der Waals surface area contributed by atoms with Crippen molar-refractivity contribution in [2.75, 3.05) is 19.8 Å². The monoisotopic (exact) mass is 170 g/mol. The molecule has 0 radical (unpaired) electrons. The van der Waals surface area contributed by atoms with Crippen LogP contribution < -0.4 is 0 Å². The van der Waals surface area contributed by atoms with E-state index in [2.05, 4.69) is 0 Å². The van der Waals surface area contributed by atoms with Gasteiger partial charge in [-0.1, -0.05) is 0 Å². The molecule has 1 atom stereocenters. The maximum absolute atomic E-state index is 9.15. The van der Waals surface area contributed by atoms with Gasteiger partial charge in [0.05, 0.1) is 0 Å². The molecule has 1 N–H and O–H groups in total. The molecule has 2 nitrogen and oxygen atoms in total. The van der Waals surface area contributed by atoms with Crippen LogP contribution in [-0.4, -0.2) is 24.9 Å². The highest BCUT2D eigenvalue weighted by atomic mass is 16.5. The van der Waals surface area contributed by atoms with Crippen LogP contribution in [0.1, 0.15) is 32.1 Å². The van der Waals surface area contributed by atoms with E-state index < -0.39 is 0 Å². The van der Waals surface area contributed by atoms with Crippen molar-refractivity contribution in [2.45, 2.75) is 32.1 Å². The van der Waals surface area contributed by atoms with Gasteiger partial charge in [0, 0.05) is 19.8 Å². The lowest BCUT2D eigenvalue weighted by atomic mass is 9.89. The van der Waals surface area contributed by atoms with E-state index in [9.17, 15) is 0 Å². The van der Waals surface area contributed by atoms with Gasteiger partial charge in [-0.15, -0.1) is 0 Å². The van der Waals surface area contributed by atoms with Crippen LogP contribution in [0.3, 0.4) is 0 Å². The molecular formula is C10H18O2. The molecule has 70 valence electrons. The van der Waals surface area contributed by atoms with Crippen LogP contribution in [0.2, 0.25) is 0 Å². The molecule has 1 saturated carbocycles. The summed E-state index contributed by atoms with van der Waals surface area (Å²) < 4.78 is 5.42. The van der Waals surface area contributed by atoms with E-state index in [4.69, 9.17) is 9.84 Å². The second-order valence-corrected chi connectivity index (χ2v) is 4.45. The lowest BCUT2D eigenvalue weighted by Crippen LogP contribution is -2.22. The fourth-order valence-corrected chi connectivity index (χ4v) is 2.18. The maximum Gasteiger partial charge on any atom is 0.0494 e. The van der Waals surface area contributed by atoms with E-state index in [0.29, 0.717) is 12.0 Å². The van der Waals surface area contributed by atoms with Gasteiger partial charge in [0.1, 0.15) is 0 Å². The minimum Gasteiger partial charge on any atom is -0.396 e. The average molecular weight is 170 g/mol. The Labute approximate surface area is 73.9 Å². The predicted octanol–water partition coefficient (Wildman–Crippen LogP) is 1.58. The van der Waals surface area contributed by atoms with Gasteiger partial charge in [0.25, 0.3) is 0 Å². The summed E-state index contributed by atoms with van der Waals surface area (Å²) in [7, 11) is 0. The molecule has 2 aliphatic rings. The van der Waals surface area contributed by atoms with E-state index >= 15 is 0 Å². The molecule has 1 heterocycles. The Bertz CT molecular complexity index is 146. The number of ether oxygens (including phenoxy) is 1. The van der Waals surface area contributed by atoms with Crippen molar-refractivity contribution in [3.8, 4) is 0 Å². The lowest BCUT2D eigenvalue weighted by molar-refractivity contribution is 0.0370. The Morgan fingerprint density at radius 1 is 1.42 bits per heavy atom. The zero-order chi connectivity index (χ0) is 8.44. The van der Waals surface area contributed by atoms with Crippen molar-refractivity contribution in [3.05, 3.63) is 0 Å². The summed E-state index contributed by atoms with van der Waals surface area (Å²) in [4.78, 5) is 0. The van der Waals surface area contributed by atoms with Gasteiger partial charge in [0.15, 0.2) is 0 Å². The largest absolute Gasteiger partial charge is 0.396 e. The minimum atomic E-state index is 0.325. The minimum absolute atomic E-state index is 0.325. The molecule has 1 aliphatic carbocycles. The molecule has 0 spiro atoms. The molecule has 12 heavy (non-hydrogen) atoms. The molecule has 1 unspecified atom stereocenters. The zero-order valence-corrected chi connectivity index (χ0v) is 7.59. The summed E-state index contributed by atoms with van der Waals surface area (Å²) in [6, 6.07) is 0. The number of aliphatic hydroxyl groups excluding tert-OH is 1. The molecule has 1 saturated heterocycles. The van der Waals surface area contributed by atoms with Gasteiger partial charge in [-0.05, 0) is 43.4 Å². The van der Waals surface area contributed by atoms with Gasteiger partial charge in [-0.3, -0.25) is 0 Å². The quantitative estimate of drug-likeness (QED) is 0.696. The van der Waals surface area contributed by atoms with Crippen molar-refractivity contribution >= 4 is 0 Å². The van der Waals surface area contributed by atoms with E-state index in [-0.39, 0.29) is 0 Å².